The molecule has 78 valence electrons. The largest absolute Gasteiger partial charge is 0.318 e. The zero-order chi connectivity index (χ0) is 10.4. The molecule has 0 heterocycles. The summed E-state index contributed by atoms with van der Waals surface area (Å²) in [6, 6.07) is 4.71. The zero-order valence-electron chi connectivity index (χ0n) is 8.11. The lowest BCUT2D eigenvalue weighted by Crippen LogP contribution is -2.24. The molecule has 0 aliphatic rings. The van der Waals surface area contributed by atoms with E-state index in [4.69, 9.17) is 0 Å². The SMILES string of the molecule is CNCCNCc1cc(F)ccc1Br. The molecule has 0 radical (unpaired) electrons. The highest BCUT2D eigenvalue weighted by atomic mass is 79.9. The van der Waals surface area contributed by atoms with Gasteiger partial charge in [0.2, 0.25) is 0 Å². The van der Waals surface area contributed by atoms with Crippen LogP contribution in [-0.4, -0.2) is 20.1 Å². The molecule has 1 aromatic rings. The van der Waals surface area contributed by atoms with Crippen LogP contribution in [0.5, 0.6) is 0 Å². The van der Waals surface area contributed by atoms with E-state index in [2.05, 4.69) is 26.6 Å². The predicted octanol–water partition coefficient (Wildman–Crippen LogP) is 1.90. The summed E-state index contributed by atoms with van der Waals surface area (Å²) in [5.41, 5.74) is 0.945. The number of halogens is 2. The summed E-state index contributed by atoms with van der Waals surface area (Å²) >= 11 is 3.38. The molecule has 1 aromatic carbocycles. The molecule has 0 amide bonds. The van der Waals surface area contributed by atoms with Crippen molar-refractivity contribution < 1.29 is 4.39 Å². The molecule has 4 heteroatoms. The third-order valence-corrected chi connectivity index (χ3v) is 2.65. The van der Waals surface area contributed by atoms with Crippen molar-refractivity contribution in [2.75, 3.05) is 20.1 Å². The van der Waals surface area contributed by atoms with Crippen LogP contribution in [-0.2, 0) is 6.54 Å². The van der Waals surface area contributed by atoms with Crippen LogP contribution < -0.4 is 10.6 Å². The van der Waals surface area contributed by atoms with Gasteiger partial charge in [-0.25, -0.2) is 4.39 Å². The van der Waals surface area contributed by atoms with Gasteiger partial charge in [0.15, 0.2) is 0 Å². The van der Waals surface area contributed by atoms with E-state index in [1.807, 2.05) is 7.05 Å². The number of likely N-dealkylation sites (N-methyl/N-ethyl adjacent to an activating group) is 1. The van der Waals surface area contributed by atoms with Crippen LogP contribution in [0.4, 0.5) is 4.39 Å². The van der Waals surface area contributed by atoms with E-state index < -0.39 is 0 Å². The smallest absolute Gasteiger partial charge is 0.123 e. The topological polar surface area (TPSA) is 24.1 Å². The summed E-state index contributed by atoms with van der Waals surface area (Å²) in [4.78, 5) is 0. The van der Waals surface area contributed by atoms with Crippen LogP contribution >= 0.6 is 15.9 Å². The maximum Gasteiger partial charge on any atom is 0.123 e. The molecule has 0 fully saturated rings. The van der Waals surface area contributed by atoms with Gasteiger partial charge in [0.1, 0.15) is 5.82 Å². The summed E-state index contributed by atoms with van der Waals surface area (Å²) in [7, 11) is 1.90. The van der Waals surface area contributed by atoms with Crippen molar-refractivity contribution in [3.8, 4) is 0 Å². The average molecular weight is 261 g/mol. The standard InChI is InChI=1S/C10H14BrFN2/c1-13-4-5-14-7-8-6-9(12)2-3-10(8)11/h2-3,6,13-14H,4-5,7H2,1H3. The highest BCUT2D eigenvalue weighted by Gasteiger charge is 2.00. The van der Waals surface area contributed by atoms with Gasteiger partial charge in [0, 0.05) is 24.1 Å². The molecule has 0 aliphatic carbocycles. The van der Waals surface area contributed by atoms with Crippen molar-refractivity contribution in [1.82, 2.24) is 10.6 Å². The van der Waals surface area contributed by atoms with Crippen LogP contribution in [0.3, 0.4) is 0 Å². The van der Waals surface area contributed by atoms with Gasteiger partial charge in [-0.3, -0.25) is 0 Å². The van der Waals surface area contributed by atoms with E-state index >= 15 is 0 Å². The fourth-order valence-corrected chi connectivity index (χ4v) is 1.50. The number of nitrogens with one attached hydrogen (secondary N) is 2. The quantitative estimate of drug-likeness (QED) is 0.791. The molecule has 1 rings (SSSR count). The van der Waals surface area contributed by atoms with Gasteiger partial charge in [-0.1, -0.05) is 15.9 Å². The van der Waals surface area contributed by atoms with Crippen LogP contribution in [0.2, 0.25) is 0 Å². The molecule has 2 nitrogen and oxygen atoms in total. The van der Waals surface area contributed by atoms with Crippen molar-refractivity contribution >= 4 is 15.9 Å². The molecule has 0 unspecified atom stereocenters. The summed E-state index contributed by atoms with van der Waals surface area (Å²) in [5.74, 6) is -0.196. The minimum Gasteiger partial charge on any atom is -0.318 e. The Bertz CT molecular complexity index is 291. The lowest BCUT2D eigenvalue weighted by Gasteiger charge is -2.06. The van der Waals surface area contributed by atoms with Gasteiger partial charge in [0.05, 0.1) is 0 Å². The Hall–Kier alpha value is -0.450. The van der Waals surface area contributed by atoms with Crippen molar-refractivity contribution in [2.24, 2.45) is 0 Å². The average Bonchev–Trinajstić information content (AvgIpc) is 2.18. The summed E-state index contributed by atoms with van der Waals surface area (Å²) in [6.45, 7) is 2.46. The van der Waals surface area contributed by atoms with Gasteiger partial charge in [-0.15, -0.1) is 0 Å². The molecule has 0 aliphatic heterocycles. The van der Waals surface area contributed by atoms with Gasteiger partial charge in [-0.2, -0.15) is 0 Å². The lowest BCUT2D eigenvalue weighted by molar-refractivity contribution is 0.615. The van der Waals surface area contributed by atoms with Crippen molar-refractivity contribution in [3.05, 3.63) is 34.1 Å². The van der Waals surface area contributed by atoms with Crippen molar-refractivity contribution in [2.45, 2.75) is 6.54 Å². The van der Waals surface area contributed by atoms with Gasteiger partial charge < -0.3 is 10.6 Å². The number of hydrogen-bond donors (Lipinski definition) is 2. The van der Waals surface area contributed by atoms with E-state index in [1.165, 1.54) is 12.1 Å². The fourth-order valence-electron chi connectivity index (χ4n) is 1.12. The van der Waals surface area contributed by atoms with Crippen LogP contribution in [0.1, 0.15) is 5.56 Å². The zero-order valence-corrected chi connectivity index (χ0v) is 9.70. The first-order valence-corrected chi connectivity index (χ1v) is 5.32. The number of benzene rings is 1. The number of hydrogen-bond acceptors (Lipinski definition) is 2. The van der Waals surface area contributed by atoms with Crippen LogP contribution in [0.25, 0.3) is 0 Å². The summed E-state index contributed by atoms with van der Waals surface area (Å²) in [5, 5.41) is 6.24. The molecular weight excluding hydrogens is 247 g/mol. The second-order valence-electron chi connectivity index (χ2n) is 3.02. The van der Waals surface area contributed by atoms with Gasteiger partial charge in [-0.05, 0) is 30.8 Å². The molecule has 0 spiro atoms. The van der Waals surface area contributed by atoms with Crippen LogP contribution in [0.15, 0.2) is 22.7 Å². The maximum absolute atomic E-state index is 12.9. The summed E-state index contributed by atoms with van der Waals surface area (Å²) in [6.07, 6.45) is 0. The summed E-state index contributed by atoms with van der Waals surface area (Å²) < 4.78 is 13.8. The Labute approximate surface area is 92.0 Å². The van der Waals surface area contributed by atoms with Crippen molar-refractivity contribution in [3.63, 3.8) is 0 Å². The third-order valence-electron chi connectivity index (χ3n) is 1.87. The monoisotopic (exact) mass is 260 g/mol. The molecule has 0 atom stereocenters. The maximum atomic E-state index is 12.9. The highest BCUT2D eigenvalue weighted by molar-refractivity contribution is 9.10. The minimum absolute atomic E-state index is 0.196. The van der Waals surface area contributed by atoms with E-state index in [1.54, 1.807) is 6.07 Å². The first kappa shape index (κ1) is 11.6. The Kier molecular flexibility index (Phi) is 5.07. The Morgan fingerprint density at radius 2 is 2.14 bits per heavy atom. The highest BCUT2D eigenvalue weighted by Crippen LogP contribution is 2.17. The van der Waals surface area contributed by atoms with Crippen molar-refractivity contribution in [1.29, 1.82) is 0 Å². The molecule has 2 N–H and O–H groups in total. The number of rotatable bonds is 5. The second kappa shape index (κ2) is 6.11. The normalized spacial score (nSPS) is 10.5. The fraction of sp³-hybridized carbons (Fsp3) is 0.400. The molecule has 14 heavy (non-hydrogen) atoms. The van der Waals surface area contributed by atoms with E-state index in [9.17, 15) is 4.39 Å². The van der Waals surface area contributed by atoms with E-state index in [0.29, 0.717) is 6.54 Å². The van der Waals surface area contributed by atoms with Gasteiger partial charge >= 0.3 is 0 Å². The van der Waals surface area contributed by atoms with Crippen LogP contribution in [0, 0.1) is 5.82 Å². The minimum atomic E-state index is -0.196. The molecule has 0 aromatic heterocycles. The van der Waals surface area contributed by atoms with E-state index in [0.717, 1.165) is 23.1 Å². The predicted molar refractivity (Wildman–Crippen MR) is 59.7 cm³/mol. The second-order valence-corrected chi connectivity index (χ2v) is 3.87. The lowest BCUT2D eigenvalue weighted by atomic mass is 10.2. The molecule has 0 bridgehead atoms. The first-order valence-electron chi connectivity index (χ1n) is 4.53. The molecule has 0 saturated carbocycles. The first-order chi connectivity index (χ1) is 6.74. The third kappa shape index (κ3) is 3.74. The Morgan fingerprint density at radius 1 is 1.36 bits per heavy atom. The molecule has 0 saturated heterocycles. The molecular formula is C10H14BrFN2. The Morgan fingerprint density at radius 3 is 2.86 bits per heavy atom. The Balaban J connectivity index is 2.45. The van der Waals surface area contributed by atoms with E-state index in [-0.39, 0.29) is 5.82 Å². The van der Waals surface area contributed by atoms with Gasteiger partial charge in [0.25, 0.3) is 0 Å².